The molecule has 1 fully saturated rings. The molecule has 4 N–H and O–H groups in total. The molecule has 3 aliphatic rings. The molecule has 1 aromatic heterocycles. The van der Waals surface area contributed by atoms with Crippen LogP contribution in [0.15, 0.2) is 39.5 Å². The van der Waals surface area contributed by atoms with Crippen LogP contribution in [0.3, 0.4) is 0 Å². The van der Waals surface area contributed by atoms with Crippen LogP contribution < -0.4 is 0 Å². The highest BCUT2D eigenvalue weighted by molar-refractivity contribution is 7.99. The Balaban J connectivity index is 1.28. The van der Waals surface area contributed by atoms with Gasteiger partial charge < -0.3 is 25.0 Å². The Kier molecular flexibility index (Phi) is 4.84. The number of rotatable bonds is 5. The molecule has 0 bridgehead atoms. The van der Waals surface area contributed by atoms with Crippen molar-refractivity contribution < 1.29 is 20.1 Å². The monoisotopic (exact) mass is 416 g/mol. The lowest BCUT2D eigenvalue weighted by molar-refractivity contribution is -0.0510. The van der Waals surface area contributed by atoms with E-state index in [4.69, 9.17) is 4.74 Å². The van der Waals surface area contributed by atoms with Gasteiger partial charge in [0.15, 0.2) is 6.23 Å². The first-order chi connectivity index (χ1) is 14.2. The van der Waals surface area contributed by atoms with Gasteiger partial charge in [0.25, 0.3) is 0 Å². The maximum Gasteiger partial charge on any atom is 0.165 e. The van der Waals surface area contributed by atoms with Gasteiger partial charge >= 0.3 is 0 Å². The molecular weight excluding hydrogens is 396 g/mol. The number of H-pyrrole nitrogens is 1. The maximum atomic E-state index is 10.3. The highest BCUT2D eigenvalue weighted by Crippen LogP contribution is 2.32. The molecule has 152 valence electrons. The number of hydrogen-bond acceptors (Lipinski definition) is 10. The van der Waals surface area contributed by atoms with Gasteiger partial charge in [0, 0.05) is 5.75 Å². The van der Waals surface area contributed by atoms with Gasteiger partial charge in [0.05, 0.1) is 30.3 Å². The Morgan fingerprint density at radius 1 is 1.21 bits per heavy atom. The molecule has 11 heteroatoms. The zero-order chi connectivity index (χ0) is 20.0. The predicted octanol–water partition coefficient (Wildman–Crippen LogP) is -0.286. The molecule has 2 aromatic rings. The Hall–Kier alpha value is -2.31. The summed E-state index contributed by atoms with van der Waals surface area (Å²) in [5.41, 5.74) is 3.07. The lowest BCUT2D eigenvalue weighted by Crippen LogP contribution is -2.48. The van der Waals surface area contributed by atoms with Gasteiger partial charge in [-0.1, -0.05) is 6.07 Å². The summed E-state index contributed by atoms with van der Waals surface area (Å²) in [7, 11) is 0. The van der Waals surface area contributed by atoms with Gasteiger partial charge in [-0.05, 0) is 17.7 Å². The van der Waals surface area contributed by atoms with Crippen molar-refractivity contribution in [3.63, 3.8) is 0 Å². The van der Waals surface area contributed by atoms with Gasteiger partial charge in [-0.25, -0.2) is 9.98 Å². The molecule has 5 rings (SSSR count). The van der Waals surface area contributed by atoms with Crippen LogP contribution >= 0.6 is 11.8 Å². The highest BCUT2D eigenvalue weighted by Gasteiger charge is 2.49. The fraction of sp³-hybridized carbons (Fsp3) is 0.444. The molecule has 0 saturated carbocycles. The lowest BCUT2D eigenvalue weighted by Gasteiger charge is -2.29. The number of aliphatic hydroxyl groups excluding tert-OH is 3. The number of nitrogens with zero attached hydrogens (tertiary/aromatic N) is 5. The van der Waals surface area contributed by atoms with Crippen molar-refractivity contribution in [2.45, 2.75) is 41.7 Å². The second kappa shape index (κ2) is 7.50. The molecule has 0 spiro atoms. The highest BCUT2D eigenvalue weighted by atomic mass is 32.2. The third-order valence-corrected chi connectivity index (χ3v) is 6.47. The number of aliphatic imine (C=N–C) groups is 3. The van der Waals surface area contributed by atoms with Gasteiger partial charge in [0.2, 0.25) is 0 Å². The Labute approximate surface area is 170 Å². The van der Waals surface area contributed by atoms with Crippen LogP contribution in [-0.4, -0.2) is 91.3 Å². The fourth-order valence-corrected chi connectivity index (χ4v) is 4.76. The summed E-state index contributed by atoms with van der Waals surface area (Å²) in [6.45, 7) is -0.379. The topological polar surface area (TPSA) is 139 Å². The number of aromatic amines is 1. The number of thioether (sulfide) groups is 1. The smallest absolute Gasteiger partial charge is 0.165 e. The van der Waals surface area contributed by atoms with Gasteiger partial charge in [-0.15, -0.1) is 11.8 Å². The first-order valence-electron chi connectivity index (χ1n) is 9.23. The van der Waals surface area contributed by atoms with Crippen molar-refractivity contribution in [2.24, 2.45) is 15.0 Å². The summed E-state index contributed by atoms with van der Waals surface area (Å²) in [6.07, 6.45) is 0.685. The molecule has 1 aromatic carbocycles. The van der Waals surface area contributed by atoms with E-state index in [0.717, 1.165) is 22.3 Å². The average molecular weight is 416 g/mol. The molecule has 0 amide bonds. The molecule has 6 unspecified atom stereocenters. The number of ether oxygens (including phenoxy) is 1. The van der Waals surface area contributed by atoms with E-state index in [2.05, 4.69) is 31.0 Å². The van der Waals surface area contributed by atoms with Gasteiger partial charge in [0.1, 0.15) is 41.9 Å². The summed E-state index contributed by atoms with van der Waals surface area (Å²) in [5.74, 6) is 1.35. The van der Waals surface area contributed by atoms with E-state index in [1.54, 1.807) is 29.3 Å². The van der Waals surface area contributed by atoms with Gasteiger partial charge in [-0.3, -0.25) is 14.9 Å². The van der Waals surface area contributed by atoms with E-state index in [-0.39, 0.29) is 18.0 Å². The minimum Gasteiger partial charge on any atom is -0.394 e. The normalized spacial score (nSPS) is 33.5. The van der Waals surface area contributed by atoms with Crippen LogP contribution in [0.4, 0.5) is 0 Å². The largest absolute Gasteiger partial charge is 0.394 e. The van der Waals surface area contributed by atoms with Crippen molar-refractivity contribution in [1.29, 1.82) is 0 Å². The molecule has 0 aliphatic carbocycles. The number of aromatic nitrogens is 2. The number of hydrogen-bond donors (Lipinski definition) is 4. The zero-order valence-electron chi connectivity index (χ0n) is 15.2. The number of imidazole rings is 1. The second-order valence-electron chi connectivity index (χ2n) is 7.05. The lowest BCUT2D eigenvalue weighted by atomic mass is 10.1. The van der Waals surface area contributed by atoms with Crippen LogP contribution in [0, 0.1) is 0 Å². The van der Waals surface area contributed by atoms with Crippen LogP contribution in [-0.2, 0) is 10.5 Å². The SMILES string of the molecule is OCC1OC(N2C=NC3C2=NC=NC3SCc2ccc3nc[nH]c3c2)C(O)C1O. The standard InChI is InChI=1S/C18H20N6O4S/c25-4-12-14(26)15(27)18(28-12)24-8-23-13-16(24)21-7-22-17(13)29-5-9-1-2-10-11(3-9)20-6-19-10/h1-3,6-8,12-15,17-18,25-27H,4-5H2,(H,19,20). The quantitative estimate of drug-likeness (QED) is 0.525. The molecule has 29 heavy (non-hydrogen) atoms. The zero-order valence-corrected chi connectivity index (χ0v) is 16.1. The van der Waals surface area contributed by atoms with Crippen LogP contribution in [0.2, 0.25) is 0 Å². The Bertz CT molecular complexity index is 994. The van der Waals surface area contributed by atoms with E-state index in [1.807, 2.05) is 12.1 Å². The summed E-state index contributed by atoms with van der Waals surface area (Å²) < 4.78 is 5.61. The van der Waals surface area contributed by atoms with E-state index in [9.17, 15) is 15.3 Å². The van der Waals surface area contributed by atoms with Gasteiger partial charge in [-0.2, -0.15) is 0 Å². The molecule has 10 nitrogen and oxygen atoms in total. The van der Waals surface area contributed by atoms with Crippen LogP contribution in [0.5, 0.6) is 0 Å². The minimum atomic E-state index is -1.17. The van der Waals surface area contributed by atoms with E-state index >= 15 is 0 Å². The second-order valence-corrected chi connectivity index (χ2v) is 8.16. The molecule has 0 radical (unpaired) electrons. The van der Waals surface area contributed by atoms with Crippen LogP contribution in [0.1, 0.15) is 5.56 Å². The third-order valence-electron chi connectivity index (χ3n) is 5.25. The number of amidine groups is 1. The summed E-state index contributed by atoms with van der Waals surface area (Å²) in [6, 6.07) is 5.79. The Morgan fingerprint density at radius 3 is 2.93 bits per heavy atom. The van der Waals surface area contributed by atoms with Crippen molar-refractivity contribution in [1.82, 2.24) is 14.9 Å². The summed E-state index contributed by atoms with van der Waals surface area (Å²) in [4.78, 5) is 22.3. The van der Waals surface area contributed by atoms with Crippen molar-refractivity contribution >= 4 is 41.3 Å². The molecule has 3 aliphatic heterocycles. The summed E-state index contributed by atoms with van der Waals surface area (Å²) >= 11 is 1.64. The van der Waals surface area contributed by atoms with Crippen molar-refractivity contribution in [3.8, 4) is 0 Å². The Morgan fingerprint density at radius 2 is 2.10 bits per heavy atom. The number of fused-ring (bicyclic) bond motifs is 2. The molecule has 4 heterocycles. The molecule has 6 atom stereocenters. The number of aliphatic hydroxyl groups is 3. The number of nitrogens with one attached hydrogen (secondary N) is 1. The molecular formula is C18H20N6O4S. The number of benzene rings is 1. The maximum absolute atomic E-state index is 10.3. The first kappa shape index (κ1) is 18.7. The third kappa shape index (κ3) is 3.24. The van der Waals surface area contributed by atoms with Crippen molar-refractivity contribution in [2.75, 3.05) is 6.61 Å². The van der Waals surface area contributed by atoms with Crippen LogP contribution in [0.25, 0.3) is 11.0 Å². The first-order valence-corrected chi connectivity index (χ1v) is 10.3. The van der Waals surface area contributed by atoms with E-state index in [0.29, 0.717) is 5.84 Å². The van der Waals surface area contributed by atoms with E-state index < -0.39 is 24.5 Å². The molecule has 1 saturated heterocycles. The average Bonchev–Trinajstić information content (AvgIpc) is 3.44. The predicted molar refractivity (Wildman–Crippen MR) is 109 cm³/mol. The summed E-state index contributed by atoms with van der Waals surface area (Å²) in [5, 5.41) is 29.5. The minimum absolute atomic E-state index is 0.168. The van der Waals surface area contributed by atoms with Crippen molar-refractivity contribution in [3.05, 3.63) is 30.1 Å². The van der Waals surface area contributed by atoms with E-state index in [1.165, 1.54) is 6.34 Å². The fourth-order valence-electron chi connectivity index (χ4n) is 3.70.